The van der Waals surface area contributed by atoms with Crippen LogP contribution in [0.3, 0.4) is 0 Å². The number of ether oxygens (including phenoxy) is 2. The van der Waals surface area contributed by atoms with Crippen LogP contribution in [-0.2, 0) is 4.79 Å². The van der Waals surface area contributed by atoms with E-state index in [1.807, 2.05) is 30.3 Å². The molecule has 1 aliphatic heterocycles. The van der Waals surface area contributed by atoms with E-state index >= 15 is 0 Å². The van der Waals surface area contributed by atoms with Crippen LogP contribution in [0.2, 0.25) is 10.0 Å². The molecule has 1 N–H and O–H groups in total. The molecule has 0 fully saturated rings. The summed E-state index contributed by atoms with van der Waals surface area (Å²) in [6.07, 6.45) is 1.73. The van der Waals surface area contributed by atoms with Crippen molar-refractivity contribution >= 4 is 29.1 Å². The third-order valence-corrected chi connectivity index (χ3v) is 4.54. The number of benzene rings is 2. The largest absolute Gasteiger partial charge is 0.493 e. The van der Waals surface area contributed by atoms with E-state index in [4.69, 9.17) is 32.7 Å². The number of amides is 1. The number of para-hydroxylation sites is 1. The maximum absolute atomic E-state index is 12.2. The quantitative estimate of drug-likeness (QED) is 0.733. The van der Waals surface area contributed by atoms with E-state index < -0.39 is 0 Å². The number of hydrogen-bond donors (Lipinski definition) is 1. The van der Waals surface area contributed by atoms with Gasteiger partial charge < -0.3 is 14.8 Å². The highest BCUT2D eigenvalue weighted by atomic mass is 35.5. The fourth-order valence-electron chi connectivity index (χ4n) is 2.76. The van der Waals surface area contributed by atoms with Gasteiger partial charge in [-0.05, 0) is 36.8 Å². The molecule has 0 saturated heterocycles. The van der Waals surface area contributed by atoms with Crippen LogP contribution >= 0.6 is 23.2 Å². The third kappa shape index (κ3) is 4.80. The first-order valence-corrected chi connectivity index (χ1v) is 8.98. The molecule has 0 aliphatic carbocycles. The van der Waals surface area contributed by atoms with Crippen LogP contribution in [0.4, 0.5) is 0 Å². The van der Waals surface area contributed by atoms with Gasteiger partial charge in [0.2, 0.25) is 5.91 Å². The molecular weight excluding hydrogens is 361 g/mol. The molecule has 25 heavy (non-hydrogen) atoms. The maximum Gasteiger partial charge on any atom is 0.220 e. The van der Waals surface area contributed by atoms with E-state index in [1.54, 1.807) is 12.1 Å². The fourth-order valence-corrected chi connectivity index (χ4v) is 3.13. The maximum atomic E-state index is 12.2. The molecular formula is C19H19Cl2NO3. The van der Waals surface area contributed by atoms with Gasteiger partial charge in [0.15, 0.2) is 0 Å². The zero-order valence-electron chi connectivity index (χ0n) is 13.6. The summed E-state index contributed by atoms with van der Waals surface area (Å²) < 4.78 is 11.2. The Hall–Kier alpha value is -1.91. The highest BCUT2D eigenvalue weighted by molar-refractivity contribution is 6.32. The summed E-state index contributed by atoms with van der Waals surface area (Å²) in [6, 6.07) is 12.7. The summed E-state index contributed by atoms with van der Waals surface area (Å²) in [5.74, 6) is 1.40. The van der Waals surface area contributed by atoms with E-state index in [-0.39, 0.29) is 11.9 Å². The van der Waals surface area contributed by atoms with E-state index in [9.17, 15) is 4.79 Å². The lowest BCUT2D eigenvalue weighted by Gasteiger charge is -2.27. The van der Waals surface area contributed by atoms with Crippen LogP contribution in [0.5, 0.6) is 11.5 Å². The molecule has 0 spiro atoms. The summed E-state index contributed by atoms with van der Waals surface area (Å²) in [5, 5.41) is 4.26. The molecule has 1 unspecified atom stereocenters. The van der Waals surface area contributed by atoms with E-state index in [0.717, 1.165) is 17.7 Å². The summed E-state index contributed by atoms with van der Waals surface area (Å²) in [5.41, 5.74) is 0.930. The van der Waals surface area contributed by atoms with Crippen molar-refractivity contribution < 1.29 is 14.3 Å². The average Bonchev–Trinajstić information content (AvgIpc) is 2.61. The minimum Gasteiger partial charge on any atom is -0.493 e. The molecule has 1 atom stereocenters. The van der Waals surface area contributed by atoms with Gasteiger partial charge in [-0.15, -0.1) is 0 Å². The number of carbonyl (C=O) groups is 1. The van der Waals surface area contributed by atoms with Gasteiger partial charge in [-0.1, -0.05) is 35.3 Å². The van der Waals surface area contributed by atoms with Crippen molar-refractivity contribution in [2.45, 2.75) is 25.3 Å². The first kappa shape index (κ1) is 17.9. The molecule has 0 bridgehead atoms. The lowest BCUT2D eigenvalue weighted by atomic mass is 10.0. The molecule has 2 aromatic carbocycles. The number of fused-ring (bicyclic) bond motifs is 1. The topological polar surface area (TPSA) is 47.6 Å². The predicted octanol–water partition coefficient (Wildman–Crippen LogP) is 4.79. The van der Waals surface area contributed by atoms with Crippen molar-refractivity contribution in [2.75, 3.05) is 13.2 Å². The Bertz CT molecular complexity index is 751. The van der Waals surface area contributed by atoms with Crippen LogP contribution in [0.1, 0.15) is 30.9 Å². The molecule has 6 heteroatoms. The summed E-state index contributed by atoms with van der Waals surface area (Å²) in [6.45, 7) is 1.02. The summed E-state index contributed by atoms with van der Waals surface area (Å²) in [7, 11) is 0. The lowest BCUT2D eigenvalue weighted by Crippen LogP contribution is -2.32. The van der Waals surface area contributed by atoms with Crippen LogP contribution < -0.4 is 14.8 Å². The minimum absolute atomic E-state index is 0.0133. The number of nitrogens with one attached hydrogen (secondary N) is 1. The van der Waals surface area contributed by atoms with Crippen molar-refractivity contribution in [1.29, 1.82) is 0 Å². The first-order valence-electron chi connectivity index (χ1n) is 8.22. The Morgan fingerprint density at radius 3 is 2.92 bits per heavy atom. The van der Waals surface area contributed by atoms with Gasteiger partial charge in [0, 0.05) is 23.4 Å². The van der Waals surface area contributed by atoms with Crippen LogP contribution in [-0.4, -0.2) is 19.1 Å². The standard InChI is InChI=1S/C19H19Cl2NO3/c20-13-7-8-17-14(12-13)16(9-11-25-17)22-19(23)6-3-10-24-18-5-2-1-4-15(18)21/h1-2,4-5,7-8,12,16H,3,6,9-11H2,(H,22,23). The Labute approximate surface area is 157 Å². The first-order chi connectivity index (χ1) is 12.1. The Morgan fingerprint density at radius 2 is 2.08 bits per heavy atom. The molecule has 0 radical (unpaired) electrons. The molecule has 1 aliphatic rings. The molecule has 2 aromatic rings. The minimum atomic E-state index is -0.0700. The van der Waals surface area contributed by atoms with Gasteiger partial charge in [-0.2, -0.15) is 0 Å². The number of hydrogen-bond acceptors (Lipinski definition) is 3. The fraction of sp³-hybridized carbons (Fsp3) is 0.316. The molecule has 4 nitrogen and oxygen atoms in total. The van der Waals surface area contributed by atoms with Crippen LogP contribution in [0.25, 0.3) is 0 Å². The third-order valence-electron chi connectivity index (χ3n) is 3.99. The van der Waals surface area contributed by atoms with Crippen molar-refractivity contribution in [3.63, 3.8) is 0 Å². The predicted molar refractivity (Wildman–Crippen MR) is 98.6 cm³/mol. The van der Waals surface area contributed by atoms with E-state index in [1.165, 1.54) is 0 Å². The van der Waals surface area contributed by atoms with Gasteiger partial charge >= 0.3 is 0 Å². The lowest BCUT2D eigenvalue weighted by molar-refractivity contribution is -0.122. The van der Waals surface area contributed by atoms with Crippen LogP contribution in [0, 0.1) is 0 Å². The number of halogens is 2. The van der Waals surface area contributed by atoms with Crippen molar-refractivity contribution in [3.05, 3.63) is 58.1 Å². The van der Waals surface area contributed by atoms with Gasteiger partial charge in [0.1, 0.15) is 11.5 Å². The van der Waals surface area contributed by atoms with Crippen molar-refractivity contribution in [1.82, 2.24) is 5.32 Å². The SMILES string of the molecule is O=C(CCCOc1ccccc1Cl)NC1CCOc2ccc(Cl)cc21. The van der Waals surface area contributed by atoms with Crippen LogP contribution in [0.15, 0.2) is 42.5 Å². The molecule has 3 rings (SSSR count). The number of rotatable bonds is 6. The second kappa shape index (κ2) is 8.45. The van der Waals surface area contributed by atoms with Gasteiger partial charge in [-0.3, -0.25) is 4.79 Å². The highest BCUT2D eigenvalue weighted by Gasteiger charge is 2.23. The molecule has 1 amide bonds. The monoisotopic (exact) mass is 379 g/mol. The molecule has 0 saturated carbocycles. The second-order valence-electron chi connectivity index (χ2n) is 5.82. The number of carbonyl (C=O) groups excluding carboxylic acids is 1. The smallest absolute Gasteiger partial charge is 0.220 e. The van der Waals surface area contributed by atoms with Crippen molar-refractivity contribution in [3.8, 4) is 11.5 Å². The van der Waals surface area contributed by atoms with Crippen molar-refractivity contribution in [2.24, 2.45) is 0 Å². The summed E-state index contributed by atoms with van der Waals surface area (Å²) in [4.78, 5) is 12.2. The average molecular weight is 380 g/mol. The van der Waals surface area contributed by atoms with E-state index in [0.29, 0.717) is 41.9 Å². The zero-order valence-corrected chi connectivity index (χ0v) is 15.1. The Morgan fingerprint density at radius 1 is 1.24 bits per heavy atom. The highest BCUT2D eigenvalue weighted by Crippen LogP contribution is 2.34. The zero-order chi connectivity index (χ0) is 17.6. The molecule has 1 heterocycles. The normalized spacial score (nSPS) is 15.8. The molecule has 132 valence electrons. The summed E-state index contributed by atoms with van der Waals surface area (Å²) >= 11 is 12.1. The molecule has 0 aromatic heterocycles. The second-order valence-corrected chi connectivity index (χ2v) is 6.67. The van der Waals surface area contributed by atoms with Gasteiger partial charge in [0.25, 0.3) is 0 Å². The van der Waals surface area contributed by atoms with Gasteiger partial charge in [0.05, 0.1) is 24.3 Å². The Kier molecular flexibility index (Phi) is 6.05. The van der Waals surface area contributed by atoms with Gasteiger partial charge in [-0.25, -0.2) is 0 Å². The van der Waals surface area contributed by atoms with E-state index in [2.05, 4.69) is 5.32 Å². The Balaban J connectivity index is 1.47.